The first-order valence-corrected chi connectivity index (χ1v) is 15.8. The summed E-state index contributed by atoms with van der Waals surface area (Å²) in [6, 6.07) is 6.34. The quantitative estimate of drug-likeness (QED) is 0.176. The minimum atomic E-state index is 0.276. The highest BCUT2D eigenvalue weighted by Gasteiger charge is 2.17. The number of benzene rings is 1. The molecule has 5 heteroatoms. The second-order valence-corrected chi connectivity index (χ2v) is 11.5. The van der Waals surface area contributed by atoms with Crippen LogP contribution in [0.2, 0.25) is 0 Å². The van der Waals surface area contributed by atoms with Crippen LogP contribution in [0, 0.1) is 32.6 Å². The molecule has 4 nitrogen and oxygen atoms in total. The fourth-order valence-corrected chi connectivity index (χ4v) is 5.52. The first kappa shape index (κ1) is 36.0. The molecule has 1 atom stereocenters. The molecule has 3 aromatic rings. The van der Waals surface area contributed by atoms with Crippen molar-refractivity contribution in [3.05, 3.63) is 89.8 Å². The number of aromatic hydroxyl groups is 1. The van der Waals surface area contributed by atoms with Crippen LogP contribution in [-0.4, -0.2) is 20.1 Å². The molecule has 0 aliphatic heterocycles. The maximum Gasteiger partial charge on any atom is 0.194 e. The second kappa shape index (κ2) is 19.1. The van der Waals surface area contributed by atoms with Gasteiger partial charge in [-0.3, -0.25) is 0 Å². The van der Waals surface area contributed by atoms with Crippen molar-refractivity contribution in [3.63, 3.8) is 0 Å². The molecule has 0 bridgehead atoms. The lowest BCUT2D eigenvalue weighted by molar-refractivity contribution is 0.346. The van der Waals surface area contributed by atoms with Gasteiger partial charge >= 0.3 is 0 Å². The van der Waals surface area contributed by atoms with E-state index in [2.05, 4.69) is 113 Å². The van der Waals surface area contributed by atoms with E-state index in [-0.39, 0.29) is 5.75 Å². The molecule has 0 saturated carbocycles. The molecule has 3 rings (SSSR count). The van der Waals surface area contributed by atoms with Crippen molar-refractivity contribution in [2.45, 2.75) is 104 Å². The van der Waals surface area contributed by atoms with E-state index in [0.29, 0.717) is 10.8 Å². The molecular formula is C36H53N3OS. The van der Waals surface area contributed by atoms with Crippen molar-refractivity contribution in [2.75, 3.05) is 0 Å². The van der Waals surface area contributed by atoms with E-state index in [1.165, 1.54) is 54.1 Å². The molecule has 2 heterocycles. The minimum absolute atomic E-state index is 0.276. The number of aromatic amines is 1. The molecule has 0 spiro atoms. The first-order valence-electron chi connectivity index (χ1n) is 14.9. The summed E-state index contributed by atoms with van der Waals surface area (Å²) in [5.41, 5.74) is 6.37. The Hall–Kier alpha value is -3.05. The number of hydrogen-bond donors (Lipinski definition) is 2. The maximum atomic E-state index is 10.2. The number of aromatic nitrogens is 3. The monoisotopic (exact) mass is 575 g/mol. The summed E-state index contributed by atoms with van der Waals surface area (Å²) >= 11 is 1.54. The SMILES string of the molecule is C/C=C\C=C(/C)C(C)C(CCC)CCC.C=CC=C.CCc1[nH]c2nc(Sc3ccc(C)c(C)c3)nc(C)c2c1O. The van der Waals surface area contributed by atoms with Gasteiger partial charge in [0.1, 0.15) is 11.4 Å². The molecule has 2 N–H and O–H groups in total. The summed E-state index contributed by atoms with van der Waals surface area (Å²) in [4.78, 5) is 13.4. The molecule has 0 fully saturated rings. The number of H-pyrrole nitrogens is 1. The molecule has 0 radical (unpaired) electrons. The zero-order valence-corrected chi connectivity index (χ0v) is 27.8. The Balaban J connectivity index is 0.000000386. The summed E-state index contributed by atoms with van der Waals surface area (Å²) in [6.45, 7) is 26.1. The summed E-state index contributed by atoms with van der Waals surface area (Å²) in [7, 11) is 0. The lowest BCUT2D eigenvalue weighted by Crippen LogP contribution is -2.12. The van der Waals surface area contributed by atoms with Gasteiger partial charge in [0.15, 0.2) is 5.16 Å². The van der Waals surface area contributed by atoms with Gasteiger partial charge in [0.2, 0.25) is 0 Å². The highest BCUT2D eigenvalue weighted by molar-refractivity contribution is 7.99. The van der Waals surface area contributed by atoms with Crippen molar-refractivity contribution in [2.24, 2.45) is 11.8 Å². The van der Waals surface area contributed by atoms with Crippen molar-refractivity contribution >= 4 is 22.8 Å². The number of rotatable bonds is 11. The predicted octanol–water partition coefficient (Wildman–Crippen LogP) is 11.0. The predicted molar refractivity (Wildman–Crippen MR) is 181 cm³/mol. The van der Waals surface area contributed by atoms with E-state index in [1.807, 2.05) is 13.8 Å². The molecule has 41 heavy (non-hydrogen) atoms. The van der Waals surface area contributed by atoms with Crippen molar-refractivity contribution in [3.8, 4) is 5.75 Å². The van der Waals surface area contributed by atoms with Crippen LogP contribution in [0.3, 0.4) is 0 Å². The third kappa shape index (κ3) is 11.4. The van der Waals surface area contributed by atoms with Gasteiger partial charge in [-0.1, -0.05) is 109 Å². The number of aryl methyl sites for hydroxylation is 4. The van der Waals surface area contributed by atoms with E-state index in [1.54, 1.807) is 12.2 Å². The Bertz CT molecular complexity index is 1290. The Morgan fingerprint density at radius 2 is 1.66 bits per heavy atom. The highest BCUT2D eigenvalue weighted by atomic mass is 32.2. The smallest absolute Gasteiger partial charge is 0.194 e. The zero-order valence-electron chi connectivity index (χ0n) is 27.0. The second-order valence-electron chi connectivity index (χ2n) is 10.5. The van der Waals surface area contributed by atoms with Gasteiger partial charge in [-0.2, -0.15) is 0 Å². The number of allylic oxidation sites excluding steroid dienone is 6. The lowest BCUT2D eigenvalue weighted by Gasteiger charge is -2.24. The van der Waals surface area contributed by atoms with Crippen LogP contribution < -0.4 is 0 Å². The van der Waals surface area contributed by atoms with Crippen molar-refractivity contribution in [1.82, 2.24) is 15.0 Å². The van der Waals surface area contributed by atoms with Gasteiger partial charge < -0.3 is 10.1 Å². The standard InChI is InChI=1S/C17H19N3OS.C15H28.C4H6/c1-5-13-15(21)14-11(4)18-17(20-16(14)19-13)22-12-7-6-9(2)10(3)8-12;1-6-9-12-13(4)14(5)15(10-7-2)11-8-3;1-3-4-2/h6-8,21H,5H2,1-4H3,(H,18,19,20);6,9,12,14-15H,7-8,10-11H2,1-5H3;3-4H,1-2H2/b;9-6-,13-12+;. The molecule has 0 aliphatic carbocycles. The van der Waals surface area contributed by atoms with Crippen LogP contribution >= 0.6 is 11.8 Å². The van der Waals surface area contributed by atoms with Gasteiger partial charge in [-0.25, -0.2) is 9.97 Å². The van der Waals surface area contributed by atoms with Gasteiger partial charge in [0.05, 0.1) is 16.8 Å². The Labute approximate surface area is 254 Å². The third-order valence-electron chi connectivity index (χ3n) is 7.36. The third-order valence-corrected chi connectivity index (χ3v) is 8.22. The van der Waals surface area contributed by atoms with E-state index >= 15 is 0 Å². The van der Waals surface area contributed by atoms with E-state index in [4.69, 9.17) is 0 Å². The topological polar surface area (TPSA) is 61.8 Å². The molecule has 2 aromatic heterocycles. The van der Waals surface area contributed by atoms with Crippen LogP contribution in [0.1, 0.15) is 89.7 Å². The molecule has 224 valence electrons. The molecule has 0 amide bonds. The molecule has 0 saturated heterocycles. The fourth-order valence-electron chi connectivity index (χ4n) is 4.62. The van der Waals surface area contributed by atoms with Gasteiger partial charge in [0, 0.05) is 4.90 Å². The van der Waals surface area contributed by atoms with E-state index < -0.39 is 0 Å². The van der Waals surface area contributed by atoms with Crippen LogP contribution in [0.15, 0.2) is 77.4 Å². The largest absolute Gasteiger partial charge is 0.505 e. The van der Waals surface area contributed by atoms with Crippen LogP contribution in [0.5, 0.6) is 5.75 Å². The molecule has 1 unspecified atom stereocenters. The summed E-state index contributed by atoms with van der Waals surface area (Å²) < 4.78 is 0. The normalized spacial score (nSPS) is 12.1. The molecule has 0 aliphatic rings. The summed E-state index contributed by atoms with van der Waals surface area (Å²) in [5, 5.41) is 11.6. The van der Waals surface area contributed by atoms with Crippen molar-refractivity contribution < 1.29 is 5.11 Å². The average Bonchev–Trinajstić information content (AvgIpc) is 3.29. The van der Waals surface area contributed by atoms with E-state index in [9.17, 15) is 5.11 Å². The Kier molecular flexibility index (Phi) is 16.8. The van der Waals surface area contributed by atoms with Crippen LogP contribution in [0.25, 0.3) is 11.0 Å². The lowest BCUT2D eigenvalue weighted by atomic mass is 9.82. The summed E-state index contributed by atoms with van der Waals surface area (Å²) in [5.74, 6) is 1.89. The maximum absolute atomic E-state index is 10.2. The first-order chi connectivity index (χ1) is 19.6. The van der Waals surface area contributed by atoms with Gasteiger partial charge in [-0.15, -0.1) is 0 Å². The highest BCUT2D eigenvalue weighted by Crippen LogP contribution is 2.33. The average molecular weight is 576 g/mol. The van der Waals surface area contributed by atoms with Gasteiger partial charge in [-0.05, 0) is 87.9 Å². The Morgan fingerprint density at radius 1 is 1.02 bits per heavy atom. The van der Waals surface area contributed by atoms with Gasteiger partial charge in [0.25, 0.3) is 0 Å². The molecular weight excluding hydrogens is 522 g/mol. The van der Waals surface area contributed by atoms with Crippen LogP contribution in [0.4, 0.5) is 0 Å². The zero-order chi connectivity index (χ0) is 30.9. The van der Waals surface area contributed by atoms with E-state index in [0.717, 1.165) is 39.9 Å². The fraction of sp³-hybridized carbons (Fsp3) is 0.444. The molecule has 1 aromatic carbocycles. The minimum Gasteiger partial charge on any atom is -0.505 e. The number of nitrogens with one attached hydrogen (secondary N) is 1. The van der Waals surface area contributed by atoms with Crippen LogP contribution in [-0.2, 0) is 6.42 Å². The number of nitrogens with zero attached hydrogens (tertiary/aromatic N) is 2. The number of hydrogen-bond acceptors (Lipinski definition) is 4. The summed E-state index contributed by atoms with van der Waals surface area (Å²) in [6.07, 6.45) is 15.9. The van der Waals surface area contributed by atoms with Crippen molar-refractivity contribution in [1.29, 1.82) is 0 Å². The number of fused-ring (bicyclic) bond motifs is 1. The Morgan fingerprint density at radius 3 is 2.17 bits per heavy atom.